The van der Waals surface area contributed by atoms with Gasteiger partial charge in [0.15, 0.2) is 0 Å². The largest absolute Gasteiger partial charge is 0.456 e. The van der Waals surface area contributed by atoms with Crippen molar-refractivity contribution >= 4 is 82.9 Å². The number of benzene rings is 11. The molecule has 0 radical (unpaired) electrons. The molecule has 14 aromatic rings. The second-order valence-corrected chi connectivity index (χ2v) is 23.9. The Morgan fingerprint density at radius 2 is 0.823 bits per heavy atom. The zero-order valence-electron chi connectivity index (χ0n) is 44.9. The number of rotatable bonds is 5. The maximum absolute atomic E-state index is 6.96. The van der Waals surface area contributed by atoms with E-state index in [9.17, 15) is 0 Å². The third-order valence-electron chi connectivity index (χ3n) is 18.7. The first-order valence-corrected chi connectivity index (χ1v) is 27.7. The molecule has 0 unspecified atom stereocenters. The zero-order valence-corrected chi connectivity index (χ0v) is 44.9. The van der Waals surface area contributed by atoms with Crippen LogP contribution in [0.2, 0.25) is 0 Å². The van der Waals surface area contributed by atoms with Crippen LogP contribution in [0.1, 0.15) is 74.9 Å². The Morgan fingerprint density at radius 3 is 1.59 bits per heavy atom. The van der Waals surface area contributed by atoms with Gasteiger partial charge in [-0.1, -0.05) is 169 Å². The topological polar surface area (TPSA) is 42.7 Å². The van der Waals surface area contributed by atoms with Gasteiger partial charge < -0.3 is 18.2 Å². The van der Waals surface area contributed by atoms with Crippen molar-refractivity contribution < 1.29 is 13.3 Å². The van der Waals surface area contributed by atoms with E-state index >= 15 is 0 Å². The summed E-state index contributed by atoms with van der Waals surface area (Å²) < 4.78 is 19.9. The van der Waals surface area contributed by atoms with E-state index in [0.717, 1.165) is 83.2 Å². The Morgan fingerprint density at radius 1 is 0.291 bits per heavy atom. The van der Waals surface area contributed by atoms with Crippen LogP contribution in [0.5, 0.6) is 0 Å². The van der Waals surface area contributed by atoms with Crippen LogP contribution in [0.4, 0.5) is 17.1 Å². The minimum absolute atomic E-state index is 0.195. The highest BCUT2D eigenvalue weighted by molar-refractivity contribution is 6.20. The van der Waals surface area contributed by atoms with E-state index in [1.165, 1.54) is 88.7 Å². The lowest BCUT2D eigenvalue weighted by Crippen LogP contribution is -2.18. The lowest BCUT2D eigenvalue weighted by atomic mass is 9.79. The monoisotopic (exact) mass is 1020 g/mol. The van der Waals surface area contributed by atoms with Crippen LogP contribution in [0.3, 0.4) is 0 Å². The molecule has 0 amide bonds. The third kappa shape index (κ3) is 5.93. The average Bonchev–Trinajstić information content (AvgIpc) is 3.10. The van der Waals surface area contributed by atoms with E-state index < -0.39 is 0 Å². The van der Waals surface area contributed by atoms with Gasteiger partial charge in [0.1, 0.15) is 33.5 Å². The molecule has 4 nitrogen and oxygen atoms in total. The molecule has 11 aromatic carbocycles. The van der Waals surface area contributed by atoms with Gasteiger partial charge >= 0.3 is 0 Å². The molecule has 0 saturated heterocycles. The molecule has 17 rings (SSSR count). The summed E-state index contributed by atoms with van der Waals surface area (Å²) in [5.41, 5.74) is 28.1. The summed E-state index contributed by atoms with van der Waals surface area (Å²) in [4.78, 5) is 2.51. The van der Waals surface area contributed by atoms with E-state index in [4.69, 9.17) is 13.3 Å². The molecule has 0 aliphatic heterocycles. The molecule has 79 heavy (non-hydrogen) atoms. The van der Waals surface area contributed by atoms with Crippen LogP contribution >= 0.6 is 0 Å². The van der Waals surface area contributed by atoms with Crippen LogP contribution < -0.4 is 4.90 Å². The zero-order chi connectivity index (χ0) is 52.8. The molecule has 3 aliphatic carbocycles. The molecular formula is C75H53NO3. The van der Waals surface area contributed by atoms with Gasteiger partial charge in [-0.3, -0.25) is 0 Å². The first-order chi connectivity index (χ1) is 38.4. The molecule has 376 valence electrons. The van der Waals surface area contributed by atoms with Gasteiger partial charge in [0.05, 0.1) is 5.69 Å². The fourth-order valence-electron chi connectivity index (χ4n) is 14.7. The fourth-order valence-corrected chi connectivity index (χ4v) is 14.7. The Bertz CT molecular complexity index is 5000. The number of hydrogen-bond donors (Lipinski definition) is 0. The van der Waals surface area contributed by atoms with Crippen molar-refractivity contribution in [2.24, 2.45) is 0 Å². The molecule has 3 heterocycles. The van der Waals surface area contributed by atoms with Crippen LogP contribution in [-0.2, 0) is 16.2 Å². The molecule has 3 aromatic heterocycles. The highest BCUT2D eigenvalue weighted by Crippen LogP contribution is 2.60. The Balaban J connectivity index is 0.845. The molecule has 0 saturated carbocycles. The predicted molar refractivity (Wildman–Crippen MR) is 327 cm³/mol. The molecule has 0 fully saturated rings. The number of para-hydroxylation sites is 4. The maximum atomic E-state index is 6.96. The van der Waals surface area contributed by atoms with E-state index in [1.807, 2.05) is 12.1 Å². The van der Waals surface area contributed by atoms with Crippen molar-refractivity contribution in [1.29, 1.82) is 0 Å². The Kier molecular flexibility index (Phi) is 8.73. The lowest BCUT2D eigenvalue weighted by molar-refractivity contribution is 0.651. The molecule has 0 atom stereocenters. The van der Waals surface area contributed by atoms with Gasteiger partial charge in [-0.15, -0.1) is 0 Å². The summed E-state index contributed by atoms with van der Waals surface area (Å²) in [6.07, 6.45) is 0. The van der Waals surface area contributed by atoms with Crippen molar-refractivity contribution in [3.63, 3.8) is 0 Å². The van der Waals surface area contributed by atoms with Crippen molar-refractivity contribution in [2.75, 3.05) is 4.90 Å². The number of furan rings is 3. The molecule has 3 aliphatic rings. The van der Waals surface area contributed by atoms with Gasteiger partial charge in [0.25, 0.3) is 0 Å². The van der Waals surface area contributed by atoms with Gasteiger partial charge in [0, 0.05) is 71.1 Å². The number of fused-ring (bicyclic) bond motifs is 20. The summed E-state index contributed by atoms with van der Waals surface area (Å²) in [6, 6.07) is 78.1. The number of anilines is 3. The number of nitrogens with zero attached hydrogens (tertiary/aromatic N) is 1. The number of hydrogen-bond acceptors (Lipinski definition) is 4. The SMILES string of the molecule is CC1(C)c2cc(N(c3ccc4c(c3)C(C)(C)c3cc(-c5ccc6c(c5)oc5ccccc56)c5oc6ccccc6c5c3-4)c3ccccc3-c3ccccc3)ccc2-c2cc3c(cc21)-c1c(ccc2oc4ccccc4c12)C3(C)C. The standard InChI is InChI=1S/C75H53NO3/c1-73(2)56-34-35-66-70(51-22-12-16-26-64(51)77-66)69(56)55-41-59-54(40-60(55)73)47-32-29-44(37-57(47)74(59,3)4)76(62-24-14-10-20-46(62)42-18-8-7-9-19-42)45-30-33-50-58(38-45)75(5,6)61-39-53(72-71(68(50)61)52-23-13-17-27-65(52)79-72)43-28-31-49-48-21-11-15-25-63(48)78-67(49)36-43/h7-41H,1-6H3. The van der Waals surface area contributed by atoms with Crippen molar-refractivity contribution in [1.82, 2.24) is 0 Å². The first-order valence-electron chi connectivity index (χ1n) is 27.7. The van der Waals surface area contributed by atoms with Gasteiger partial charge in [0.2, 0.25) is 0 Å². The predicted octanol–water partition coefficient (Wildman–Crippen LogP) is 21.1. The minimum Gasteiger partial charge on any atom is -0.456 e. The summed E-state index contributed by atoms with van der Waals surface area (Å²) in [7, 11) is 0. The van der Waals surface area contributed by atoms with Crippen LogP contribution in [0, 0.1) is 0 Å². The summed E-state index contributed by atoms with van der Waals surface area (Å²) in [5, 5.41) is 6.89. The highest BCUT2D eigenvalue weighted by atomic mass is 16.3. The van der Waals surface area contributed by atoms with E-state index in [0.29, 0.717) is 0 Å². The van der Waals surface area contributed by atoms with Crippen LogP contribution in [0.15, 0.2) is 226 Å². The summed E-state index contributed by atoms with van der Waals surface area (Å²) >= 11 is 0. The summed E-state index contributed by atoms with van der Waals surface area (Å²) in [6.45, 7) is 14.4. The minimum atomic E-state index is -0.376. The highest BCUT2D eigenvalue weighted by Gasteiger charge is 2.44. The Hall–Kier alpha value is -9.38. The fraction of sp³-hybridized carbons (Fsp3) is 0.120. The summed E-state index contributed by atoms with van der Waals surface area (Å²) in [5.74, 6) is 0. The molecule has 0 bridgehead atoms. The molecule has 0 N–H and O–H groups in total. The second-order valence-electron chi connectivity index (χ2n) is 23.9. The Labute approximate surface area is 457 Å². The van der Waals surface area contributed by atoms with Gasteiger partial charge in [-0.05, 0) is 163 Å². The first kappa shape index (κ1) is 44.7. The third-order valence-corrected chi connectivity index (χ3v) is 18.7. The maximum Gasteiger partial charge on any atom is 0.143 e. The van der Waals surface area contributed by atoms with E-state index in [-0.39, 0.29) is 16.2 Å². The quantitative estimate of drug-likeness (QED) is 0.172. The van der Waals surface area contributed by atoms with Crippen molar-refractivity contribution in [3.8, 4) is 55.6 Å². The lowest BCUT2D eigenvalue weighted by Gasteiger charge is -2.31. The van der Waals surface area contributed by atoms with Crippen molar-refractivity contribution in [2.45, 2.75) is 57.8 Å². The van der Waals surface area contributed by atoms with Gasteiger partial charge in [-0.25, -0.2) is 0 Å². The van der Waals surface area contributed by atoms with E-state index in [1.54, 1.807) is 0 Å². The van der Waals surface area contributed by atoms with E-state index in [2.05, 4.69) is 247 Å². The van der Waals surface area contributed by atoms with Crippen molar-refractivity contribution in [3.05, 3.63) is 246 Å². The average molecular weight is 1020 g/mol. The molecule has 4 heteroatoms. The second kappa shape index (κ2) is 15.4. The molecular weight excluding hydrogens is 963 g/mol. The van der Waals surface area contributed by atoms with Crippen LogP contribution in [-0.4, -0.2) is 0 Å². The molecule has 0 spiro atoms. The normalized spacial score (nSPS) is 15.0. The van der Waals surface area contributed by atoms with Gasteiger partial charge in [-0.2, -0.15) is 0 Å². The smallest absolute Gasteiger partial charge is 0.143 e. The van der Waals surface area contributed by atoms with Crippen LogP contribution in [0.25, 0.3) is 121 Å².